The molecule has 2 nitrogen and oxygen atoms in total. The van der Waals surface area contributed by atoms with E-state index in [0.717, 1.165) is 6.54 Å². The molecule has 3 rings (SSSR count). The maximum Gasteiger partial charge on any atom is 0.182 e. The van der Waals surface area contributed by atoms with Crippen LogP contribution in [0, 0.1) is 5.41 Å². The first-order valence-corrected chi connectivity index (χ1v) is 6.63. The van der Waals surface area contributed by atoms with Crippen molar-refractivity contribution in [1.29, 1.82) is 0 Å². The lowest BCUT2D eigenvalue weighted by Gasteiger charge is -2.30. The third-order valence-electron chi connectivity index (χ3n) is 4.89. The molecule has 0 aromatic heterocycles. The molecule has 1 atom stereocenters. The van der Waals surface area contributed by atoms with E-state index >= 15 is 0 Å². The van der Waals surface area contributed by atoms with E-state index in [-0.39, 0.29) is 0 Å². The summed E-state index contributed by atoms with van der Waals surface area (Å²) in [7, 11) is 2.12. The summed E-state index contributed by atoms with van der Waals surface area (Å²) < 4.78 is 0. The lowest BCUT2D eigenvalue weighted by atomic mass is 9.84. The molecule has 1 saturated carbocycles. The van der Waals surface area contributed by atoms with E-state index in [2.05, 4.69) is 55.4 Å². The Hall–Kier alpha value is -0.795. The largest absolute Gasteiger partial charge is 0.356 e. The maximum atomic E-state index is 3.57. The van der Waals surface area contributed by atoms with E-state index in [9.17, 15) is 0 Å². The van der Waals surface area contributed by atoms with E-state index in [1.807, 2.05) is 0 Å². The number of nitrogens with one attached hydrogen (secondary N) is 1. The van der Waals surface area contributed by atoms with Gasteiger partial charge in [0.1, 0.15) is 0 Å². The number of nitrogens with zero attached hydrogens (tertiary/aromatic N) is 1. The van der Waals surface area contributed by atoms with Crippen LogP contribution in [0.2, 0.25) is 0 Å². The third-order valence-corrected chi connectivity index (χ3v) is 4.89. The summed E-state index contributed by atoms with van der Waals surface area (Å²) in [5.74, 6) is 0. The lowest BCUT2D eigenvalue weighted by molar-refractivity contribution is 0.303. The number of likely N-dealkylation sites (tertiary alicyclic amines) is 1. The van der Waals surface area contributed by atoms with Gasteiger partial charge in [0, 0.05) is 30.6 Å². The molecule has 0 amide bonds. The van der Waals surface area contributed by atoms with Gasteiger partial charge in [0.2, 0.25) is 0 Å². The molecule has 1 aliphatic heterocycles. The zero-order valence-electron chi connectivity index (χ0n) is 10.9. The van der Waals surface area contributed by atoms with Crippen molar-refractivity contribution in [2.75, 3.05) is 13.1 Å². The molecule has 1 heterocycles. The first kappa shape index (κ1) is 11.3. The van der Waals surface area contributed by atoms with Gasteiger partial charge in [-0.15, -0.1) is 0 Å². The van der Waals surface area contributed by atoms with Crippen LogP contribution in [-0.2, 0) is 6.54 Å². The SMILES string of the molecule is BNC1(C)CN(Cc2ccccc2)CC12CC2. The van der Waals surface area contributed by atoms with Crippen LogP contribution in [0.15, 0.2) is 30.3 Å². The summed E-state index contributed by atoms with van der Waals surface area (Å²) in [6.07, 6.45) is 2.80. The Balaban J connectivity index is 1.72. The van der Waals surface area contributed by atoms with Gasteiger partial charge in [-0.1, -0.05) is 30.3 Å². The molecule has 0 bridgehead atoms. The zero-order valence-corrected chi connectivity index (χ0v) is 10.9. The van der Waals surface area contributed by atoms with Gasteiger partial charge in [-0.05, 0) is 25.3 Å². The van der Waals surface area contributed by atoms with Crippen LogP contribution in [0.5, 0.6) is 0 Å². The Morgan fingerprint density at radius 3 is 2.47 bits per heavy atom. The van der Waals surface area contributed by atoms with Crippen molar-refractivity contribution in [2.45, 2.75) is 31.8 Å². The molecular formula is C14H21BN2. The molecule has 1 aromatic carbocycles. The predicted octanol–water partition coefficient (Wildman–Crippen LogP) is 1.18. The standard InChI is InChI=1S/C14H21BN2/c1-13(16-15)10-17(11-14(13)7-8-14)9-12-5-3-2-4-6-12/h2-6,16H,7-11,15H2,1H3. The highest BCUT2D eigenvalue weighted by Gasteiger charge is 2.60. The second-order valence-electron chi connectivity index (χ2n) is 5.99. The molecule has 1 unspecified atom stereocenters. The molecule has 0 radical (unpaired) electrons. The molecule has 1 saturated heterocycles. The number of benzene rings is 1. The summed E-state index contributed by atoms with van der Waals surface area (Å²) in [5, 5.41) is 3.57. The normalized spacial score (nSPS) is 30.9. The second-order valence-corrected chi connectivity index (χ2v) is 5.99. The molecule has 3 heteroatoms. The van der Waals surface area contributed by atoms with Gasteiger partial charge in [0.25, 0.3) is 0 Å². The predicted molar refractivity (Wildman–Crippen MR) is 73.5 cm³/mol. The Morgan fingerprint density at radius 1 is 1.24 bits per heavy atom. The Morgan fingerprint density at radius 2 is 1.94 bits per heavy atom. The molecule has 1 aliphatic carbocycles. The monoisotopic (exact) mass is 228 g/mol. The van der Waals surface area contributed by atoms with E-state index in [1.54, 1.807) is 0 Å². The second kappa shape index (κ2) is 3.86. The highest BCUT2D eigenvalue weighted by molar-refractivity contribution is 6.05. The van der Waals surface area contributed by atoms with Gasteiger partial charge in [-0.3, -0.25) is 4.90 Å². The summed E-state index contributed by atoms with van der Waals surface area (Å²) in [6, 6.07) is 10.8. The van der Waals surface area contributed by atoms with Crippen LogP contribution in [0.1, 0.15) is 25.3 Å². The summed E-state index contributed by atoms with van der Waals surface area (Å²) >= 11 is 0. The van der Waals surface area contributed by atoms with Gasteiger partial charge < -0.3 is 5.23 Å². The van der Waals surface area contributed by atoms with Gasteiger partial charge >= 0.3 is 0 Å². The molecule has 90 valence electrons. The van der Waals surface area contributed by atoms with Crippen LogP contribution < -0.4 is 5.23 Å². The van der Waals surface area contributed by atoms with Crippen LogP contribution in [0.3, 0.4) is 0 Å². The molecule has 2 aliphatic rings. The lowest BCUT2D eigenvalue weighted by Crippen LogP contribution is -2.49. The topological polar surface area (TPSA) is 15.3 Å². The van der Waals surface area contributed by atoms with E-state index in [4.69, 9.17) is 0 Å². The van der Waals surface area contributed by atoms with Crippen molar-refractivity contribution in [3.63, 3.8) is 0 Å². The minimum atomic E-state index is 0.321. The van der Waals surface area contributed by atoms with E-state index < -0.39 is 0 Å². The molecule has 1 aromatic rings. The molecule has 1 spiro atoms. The average molecular weight is 228 g/mol. The minimum Gasteiger partial charge on any atom is -0.356 e. The van der Waals surface area contributed by atoms with Crippen LogP contribution in [0.25, 0.3) is 0 Å². The third kappa shape index (κ3) is 1.82. The van der Waals surface area contributed by atoms with Crippen LogP contribution in [0.4, 0.5) is 0 Å². The Kier molecular flexibility index (Phi) is 2.56. The van der Waals surface area contributed by atoms with Gasteiger partial charge in [-0.2, -0.15) is 0 Å². The fourth-order valence-corrected chi connectivity index (χ4v) is 3.43. The van der Waals surface area contributed by atoms with Crippen molar-refractivity contribution < 1.29 is 0 Å². The first-order valence-electron chi connectivity index (χ1n) is 6.63. The van der Waals surface area contributed by atoms with E-state index in [1.165, 1.54) is 31.5 Å². The van der Waals surface area contributed by atoms with Crippen molar-refractivity contribution in [3.8, 4) is 0 Å². The van der Waals surface area contributed by atoms with Crippen molar-refractivity contribution >= 4 is 7.98 Å². The highest BCUT2D eigenvalue weighted by atomic mass is 15.2. The van der Waals surface area contributed by atoms with Crippen molar-refractivity contribution in [3.05, 3.63) is 35.9 Å². The maximum absolute atomic E-state index is 3.57. The molecule has 17 heavy (non-hydrogen) atoms. The average Bonchev–Trinajstić information content (AvgIpc) is 3.05. The molecule has 2 fully saturated rings. The van der Waals surface area contributed by atoms with Crippen molar-refractivity contribution in [1.82, 2.24) is 10.1 Å². The summed E-state index contributed by atoms with van der Waals surface area (Å²) in [4.78, 5) is 2.61. The van der Waals surface area contributed by atoms with Crippen LogP contribution >= 0.6 is 0 Å². The fraction of sp³-hybridized carbons (Fsp3) is 0.571. The molecular weight excluding hydrogens is 207 g/mol. The number of hydrogen-bond acceptors (Lipinski definition) is 2. The quantitative estimate of drug-likeness (QED) is 0.781. The molecule has 1 N–H and O–H groups in total. The van der Waals surface area contributed by atoms with Gasteiger partial charge in [0.15, 0.2) is 7.98 Å². The fourth-order valence-electron chi connectivity index (χ4n) is 3.43. The van der Waals surface area contributed by atoms with Gasteiger partial charge in [-0.25, -0.2) is 0 Å². The number of hydrogen-bond donors (Lipinski definition) is 1. The zero-order chi connectivity index (χ0) is 11.9. The smallest absolute Gasteiger partial charge is 0.182 e. The summed E-state index contributed by atoms with van der Waals surface area (Å²) in [6.45, 7) is 5.93. The highest BCUT2D eigenvalue weighted by Crippen LogP contribution is 2.58. The van der Waals surface area contributed by atoms with Crippen molar-refractivity contribution in [2.24, 2.45) is 5.41 Å². The number of rotatable bonds is 3. The van der Waals surface area contributed by atoms with E-state index in [0.29, 0.717) is 11.0 Å². The minimum absolute atomic E-state index is 0.321. The Bertz CT molecular complexity index is 402. The van der Waals surface area contributed by atoms with Gasteiger partial charge in [0.05, 0.1) is 0 Å². The van der Waals surface area contributed by atoms with Crippen LogP contribution in [-0.4, -0.2) is 31.5 Å². The first-order chi connectivity index (χ1) is 8.17. The Labute approximate surface area is 105 Å². The summed E-state index contributed by atoms with van der Waals surface area (Å²) in [5.41, 5.74) is 2.32.